The predicted molar refractivity (Wildman–Crippen MR) is 119 cm³/mol. The monoisotopic (exact) mass is 449 g/mol. The summed E-state index contributed by atoms with van der Waals surface area (Å²) in [6.45, 7) is 1.03. The van der Waals surface area contributed by atoms with Crippen LogP contribution < -0.4 is 24.5 Å². The van der Waals surface area contributed by atoms with Gasteiger partial charge in [-0.3, -0.25) is 9.59 Å². The summed E-state index contributed by atoms with van der Waals surface area (Å²) in [5.74, 6) is 2.42. The van der Waals surface area contributed by atoms with Crippen molar-refractivity contribution in [1.82, 2.24) is 14.7 Å². The van der Waals surface area contributed by atoms with E-state index in [1.165, 1.54) is 10.7 Å². The Morgan fingerprint density at radius 3 is 2.55 bits per heavy atom. The van der Waals surface area contributed by atoms with Crippen LogP contribution in [0.4, 0.5) is 0 Å². The molecule has 170 valence electrons. The van der Waals surface area contributed by atoms with Gasteiger partial charge in [-0.15, -0.1) is 0 Å². The second-order valence-electron chi connectivity index (χ2n) is 7.82. The van der Waals surface area contributed by atoms with Crippen LogP contribution in [0.3, 0.4) is 0 Å². The summed E-state index contributed by atoms with van der Waals surface area (Å²) in [6.07, 6.45) is 0.695. The molecular formula is C24H23N3O6. The summed E-state index contributed by atoms with van der Waals surface area (Å²) >= 11 is 0. The average molecular weight is 449 g/mol. The minimum atomic E-state index is -0.336. The number of amides is 1. The number of hydrogen-bond acceptors (Lipinski definition) is 7. The molecule has 3 aromatic rings. The quantitative estimate of drug-likeness (QED) is 0.590. The maximum absolute atomic E-state index is 13.0. The van der Waals surface area contributed by atoms with Crippen molar-refractivity contribution in [3.8, 4) is 34.3 Å². The molecule has 9 nitrogen and oxygen atoms in total. The fraction of sp³-hybridized carbons (Fsp3) is 0.292. The van der Waals surface area contributed by atoms with E-state index in [0.29, 0.717) is 48.2 Å². The van der Waals surface area contributed by atoms with Gasteiger partial charge in [0.2, 0.25) is 12.7 Å². The third kappa shape index (κ3) is 3.97. The van der Waals surface area contributed by atoms with E-state index >= 15 is 0 Å². The van der Waals surface area contributed by atoms with Gasteiger partial charge in [0.05, 0.1) is 19.9 Å². The third-order valence-electron chi connectivity index (χ3n) is 5.89. The molecule has 0 saturated carbocycles. The van der Waals surface area contributed by atoms with Crippen LogP contribution in [0.25, 0.3) is 11.3 Å². The largest absolute Gasteiger partial charge is 0.493 e. The molecule has 5 rings (SSSR count). The van der Waals surface area contributed by atoms with Crippen LogP contribution in [0.2, 0.25) is 0 Å². The van der Waals surface area contributed by atoms with Crippen LogP contribution in [0.15, 0.2) is 47.3 Å². The predicted octanol–water partition coefficient (Wildman–Crippen LogP) is 2.24. The van der Waals surface area contributed by atoms with Crippen molar-refractivity contribution in [2.75, 3.05) is 27.6 Å². The van der Waals surface area contributed by atoms with Crippen molar-refractivity contribution < 1.29 is 23.7 Å². The molecule has 0 unspecified atom stereocenters. The van der Waals surface area contributed by atoms with Crippen LogP contribution in [0.5, 0.6) is 23.0 Å². The summed E-state index contributed by atoms with van der Waals surface area (Å²) in [5, 5.41) is 4.42. The minimum absolute atomic E-state index is 0.139. The lowest BCUT2D eigenvalue weighted by Crippen LogP contribution is -2.40. The summed E-state index contributed by atoms with van der Waals surface area (Å²) in [5.41, 5.74) is 3.13. The highest BCUT2D eigenvalue weighted by atomic mass is 16.7. The van der Waals surface area contributed by atoms with E-state index in [4.69, 9.17) is 18.9 Å². The summed E-state index contributed by atoms with van der Waals surface area (Å²) in [6, 6.07) is 12.4. The number of fused-ring (bicyclic) bond motifs is 2. The van der Waals surface area contributed by atoms with Crippen molar-refractivity contribution in [3.05, 3.63) is 63.9 Å². The molecule has 1 amide bonds. The molecule has 0 bridgehead atoms. The third-order valence-corrected chi connectivity index (χ3v) is 5.89. The van der Waals surface area contributed by atoms with Gasteiger partial charge in [-0.25, -0.2) is 4.68 Å². The van der Waals surface area contributed by atoms with Crippen LogP contribution in [-0.4, -0.2) is 48.1 Å². The number of nitrogens with zero attached hydrogens (tertiary/aromatic N) is 3. The van der Waals surface area contributed by atoms with Crippen LogP contribution in [-0.2, 0) is 24.3 Å². The number of rotatable bonds is 5. The van der Waals surface area contributed by atoms with Crippen molar-refractivity contribution in [2.24, 2.45) is 0 Å². The second-order valence-corrected chi connectivity index (χ2v) is 7.82. The van der Waals surface area contributed by atoms with E-state index in [1.54, 1.807) is 31.3 Å². The molecule has 0 spiro atoms. The van der Waals surface area contributed by atoms with Gasteiger partial charge in [0.15, 0.2) is 23.0 Å². The highest BCUT2D eigenvalue weighted by molar-refractivity contribution is 5.76. The Morgan fingerprint density at radius 2 is 1.76 bits per heavy atom. The maximum Gasteiger partial charge on any atom is 0.267 e. The minimum Gasteiger partial charge on any atom is -0.493 e. The lowest BCUT2D eigenvalue weighted by molar-refractivity contribution is -0.133. The summed E-state index contributed by atoms with van der Waals surface area (Å²) in [7, 11) is 3.19. The van der Waals surface area contributed by atoms with Crippen LogP contribution >= 0.6 is 0 Å². The van der Waals surface area contributed by atoms with Gasteiger partial charge in [0.1, 0.15) is 6.54 Å². The Bertz CT molecular complexity index is 1290. The number of hydrogen-bond donors (Lipinski definition) is 0. The van der Waals surface area contributed by atoms with Crippen molar-refractivity contribution >= 4 is 5.91 Å². The lowest BCUT2D eigenvalue weighted by atomic mass is 9.98. The molecule has 2 aromatic carbocycles. The fourth-order valence-electron chi connectivity index (χ4n) is 4.10. The maximum atomic E-state index is 13.0. The first kappa shape index (κ1) is 20.9. The Labute approximate surface area is 190 Å². The molecular weight excluding hydrogens is 426 g/mol. The van der Waals surface area contributed by atoms with E-state index in [-0.39, 0.29) is 24.8 Å². The molecule has 0 atom stereocenters. The van der Waals surface area contributed by atoms with Gasteiger partial charge in [-0.2, -0.15) is 5.10 Å². The zero-order valence-electron chi connectivity index (χ0n) is 18.4. The van der Waals surface area contributed by atoms with E-state index in [0.717, 1.165) is 16.7 Å². The number of benzene rings is 2. The molecule has 3 heterocycles. The molecule has 0 radical (unpaired) electrons. The smallest absolute Gasteiger partial charge is 0.267 e. The molecule has 2 aliphatic heterocycles. The van der Waals surface area contributed by atoms with E-state index in [1.807, 2.05) is 24.3 Å². The Hall–Kier alpha value is -4.01. The van der Waals surface area contributed by atoms with Gasteiger partial charge < -0.3 is 23.8 Å². The molecule has 1 aromatic heterocycles. The van der Waals surface area contributed by atoms with Crippen molar-refractivity contribution in [2.45, 2.75) is 19.5 Å². The molecule has 2 aliphatic rings. The van der Waals surface area contributed by atoms with Crippen molar-refractivity contribution in [3.63, 3.8) is 0 Å². The zero-order valence-corrected chi connectivity index (χ0v) is 18.4. The molecule has 0 aliphatic carbocycles. The first-order chi connectivity index (χ1) is 16.1. The highest BCUT2D eigenvalue weighted by Gasteiger charge is 2.24. The van der Waals surface area contributed by atoms with Crippen LogP contribution in [0, 0.1) is 0 Å². The van der Waals surface area contributed by atoms with Gasteiger partial charge >= 0.3 is 0 Å². The fourth-order valence-corrected chi connectivity index (χ4v) is 4.10. The number of methoxy groups -OCH3 is 2. The van der Waals surface area contributed by atoms with Gasteiger partial charge in [0.25, 0.3) is 5.56 Å². The zero-order chi connectivity index (χ0) is 22.9. The number of carbonyl (C=O) groups excluding carboxylic acids is 1. The average Bonchev–Trinajstić information content (AvgIpc) is 3.32. The molecule has 33 heavy (non-hydrogen) atoms. The van der Waals surface area contributed by atoms with E-state index in [2.05, 4.69) is 5.10 Å². The molecule has 0 fully saturated rings. The van der Waals surface area contributed by atoms with E-state index < -0.39 is 0 Å². The first-order valence-corrected chi connectivity index (χ1v) is 10.6. The molecule has 0 N–H and O–H groups in total. The van der Waals surface area contributed by atoms with Crippen LogP contribution in [0.1, 0.15) is 11.1 Å². The molecule has 9 heteroatoms. The normalized spacial score (nSPS) is 14.1. The van der Waals surface area contributed by atoms with Gasteiger partial charge in [-0.1, -0.05) is 0 Å². The number of aromatic nitrogens is 2. The Morgan fingerprint density at radius 1 is 1.00 bits per heavy atom. The molecule has 0 saturated heterocycles. The standard InChI is InChI=1S/C24H23N3O6/c1-30-20-9-15-7-8-26(12-17(15)11-21(20)31-2)24(29)13-27-23(28)6-4-18(25-27)16-3-5-19-22(10-16)33-14-32-19/h3-6,9-11H,7-8,12-14H2,1-2H3. The second kappa shape index (κ2) is 8.50. The topological polar surface area (TPSA) is 92.1 Å². The SMILES string of the molecule is COc1cc2c(cc1OC)CN(C(=O)Cn1nc(-c3ccc4c(c3)OCO4)ccc1=O)CC2. The van der Waals surface area contributed by atoms with Gasteiger partial charge in [-0.05, 0) is 53.9 Å². The number of ether oxygens (including phenoxy) is 4. The lowest BCUT2D eigenvalue weighted by Gasteiger charge is -2.29. The highest BCUT2D eigenvalue weighted by Crippen LogP contribution is 2.35. The Kier molecular flexibility index (Phi) is 5.37. The van der Waals surface area contributed by atoms with E-state index in [9.17, 15) is 9.59 Å². The van der Waals surface area contributed by atoms with Gasteiger partial charge in [0, 0.05) is 24.7 Å². The first-order valence-electron chi connectivity index (χ1n) is 10.6. The summed E-state index contributed by atoms with van der Waals surface area (Å²) < 4.78 is 22.7. The summed E-state index contributed by atoms with van der Waals surface area (Å²) in [4.78, 5) is 27.2. The number of carbonyl (C=O) groups is 1. The Balaban J connectivity index is 1.35. The van der Waals surface area contributed by atoms with Crippen molar-refractivity contribution in [1.29, 1.82) is 0 Å².